The number of hydrogen-bond acceptors (Lipinski definition) is 2. The van der Waals surface area contributed by atoms with Crippen LogP contribution in [-0.4, -0.2) is 23.0 Å². The van der Waals surface area contributed by atoms with Crippen LogP contribution in [0.15, 0.2) is 18.2 Å². The van der Waals surface area contributed by atoms with E-state index >= 15 is 0 Å². The standard InChI is InChI=1S/C13H15ClFNO3/c1-2-4-8(7-11(17)18)16-13(19)9-5-3-6-10(14)12(9)15/h3,5-6,8H,2,4,7H2,1H3,(H,16,19)(H,17,18). The fourth-order valence-electron chi connectivity index (χ4n) is 1.73. The van der Waals surface area contributed by atoms with Crippen LogP contribution in [0, 0.1) is 5.82 Å². The first-order valence-electron chi connectivity index (χ1n) is 5.92. The SMILES string of the molecule is CCCC(CC(=O)O)NC(=O)c1cccc(Cl)c1F. The molecule has 0 radical (unpaired) electrons. The average molecular weight is 288 g/mol. The van der Waals surface area contributed by atoms with Crippen LogP contribution in [0.1, 0.15) is 36.5 Å². The number of carbonyl (C=O) groups is 2. The molecule has 1 aromatic carbocycles. The molecule has 0 bridgehead atoms. The summed E-state index contributed by atoms with van der Waals surface area (Å²) in [7, 11) is 0. The van der Waals surface area contributed by atoms with Gasteiger partial charge in [-0.05, 0) is 18.6 Å². The predicted octanol–water partition coefficient (Wildman–Crippen LogP) is 2.85. The van der Waals surface area contributed by atoms with E-state index in [0.717, 1.165) is 6.42 Å². The van der Waals surface area contributed by atoms with Crippen molar-refractivity contribution in [2.24, 2.45) is 0 Å². The Morgan fingerprint density at radius 2 is 2.16 bits per heavy atom. The summed E-state index contributed by atoms with van der Waals surface area (Å²) < 4.78 is 13.6. The molecule has 6 heteroatoms. The molecule has 0 saturated carbocycles. The molecule has 1 atom stereocenters. The number of rotatable bonds is 6. The Morgan fingerprint density at radius 1 is 1.47 bits per heavy atom. The van der Waals surface area contributed by atoms with Gasteiger partial charge < -0.3 is 10.4 Å². The molecule has 4 nitrogen and oxygen atoms in total. The molecule has 0 aromatic heterocycles. The average Bonchev–Trinajstić information content (AvgIpc) is 2.32. The Hall–Kier alpha value is -1.62. The first-order chi connectivity index (χ1) is 8.95. The van der Waals surface area contributed by atoms with Gasteiger partial charge in [0.15, 0.2) is 5.82 Å². The van der Waals surface area contributed by atoms with E-state index in [1.165, 1.54) is 18.2 Å². The normalized spacial score (nSPS) is 11.9. The van der Waals surface area contributed by atoms with E-state index < -0.39 is 23.7 Å². The van der Waals surface area contributed by atoms with Gasteiger partial charge >= 0.3 is 5.97 Å². The molecule has 0 aliphatic rings. The van der Waals surface area contributed by atoms with E-state index in [1.54, 1.807) is 0 Å². The molecule has 104 valence electrons. The van der Waals surface area contributed by atoms with Crippen molar-refractivity contribution in [1.29, 1.82) is 0 Å². The smallest absolute Gasteiger partial charge is 0.305 e. The van der Waals surface area contributed by atoms with Crippen LogP contribution >= 0.6 is 11.6 Å². The van der Waals surface area contributed by atoms with Crippen molar-refractivity contribution in [3.63, 3.8) is 0 Å². The summed E-state index contributed by atoms with van der Waals surface area (Å²) in [6, 6.07) is 3.59. The summed E-state index contributed by atoms with van der Waals surface area (Å²) in [6.07, 6.45) is 1.04. The molecule has 1 aromatic rings. The third kappa shape index (κ3) is 4.52. The highest BCUT2D eigenvalue weighted by atomic mass is 35.5. The molecule has 0 aliphatic carbocycles. The maximum Gasteiger partial charge on any atom is 0.305 e. The van der Waals surface area contributed by atoms with Crippen LogP contribution in [0.3, 0.4) is 0 Å². The third-order valence-corrected chi connectivity index (χ3v) is 2.88. The maximum absolute atomic E-state index is 13.6. The zero-order chi connectivity index (χ0) is 14.4. The summed E-state index contributed by atoms with van der Waals surface area (Å²) in [5.74, 6) is -2.46. The summed E-state index contributed by atoms with van der Waals surface area (Å²) in [5, 5.41) is 11.1. The minimum atomic E-state index is -1.01. The fraction of sp³-hybridized carbons (Fsp3) is 0.385. The van der Waals surface area contributed by atoms with Gasteiger partial charge in [0.1, 0.15) is 0 Å². The topological polar surface area (TPSA) is 66.4 Å². The highest BCUT2D eigenvalue weighted by Crippen LogP contribution is 2.18. The van der Waals surface area contributed by atoms with Crippen molar-refractivity contribution >= 4 is 23.5 Å². The van der Waals surface area contributed by atoms with Gasteiger partial charge in [0.2, 0.25) is 0 Å². The van der Waals surface area contributed by atoms with E-state index in [9.17, 15) is 14.0 Å². The van der Waals surface area contributed by atoms with Gasteiger partial charge in [-0.1, -0.05) is 31.0 Å². The lowest BCUT2D eigenvalue weighted by atomic mass is 10.1. The van der Waals surface area contributed by atoms with Gasteiger partial charge in [0, 0.05) is 6.04 Å². The first-order valence-corrected chi connectivity index (χ1v) is 6.30. The summed E-state index contributed by atoms with van der Waals surface area (Å²) >= 11 is 5.59. The van der Waals surface area contributed by atoms with Crippen molar-refractivity contribution in [3.8, 4) is 0 Å². The van der Waals surface area contributed by atoms with Gasteiger partial charge in [0.25, 0.3) is 5.91 Å². The lowest BCUT2D eigenvalue weighted by molar-refractivity contribution is -0.137. The van der Waals surface area contributed by atoms with Crippen LogP contribution in [-0.2, 0) is 4.79 Å². The molecule has 1 rings (SSSR count). The van der Waals surface area contributed by atoms with Crippen LogP contribution in [0.4, 0.5) is 4.39 Å². The highest BCUT2D eigenvalue weighted by Gasteiger charge is 2.19. The second-order valence-corrected chi connectivity index (χ2v) is 4.57. The molecular weight excluding hydrogens is 273 g/mol. The maximum atomic E-state index is 13.6. The Morgan fingerprint density at radius 3 is 2.74 bits per heavy atom. The van der Waals surface area contributed by atoms with Gasteiger partial charge in [-0.15, -0.1) is 0 Å². The van der Waals surface area contributed by atoms with E-state index in [2.05, 4.69) is 5.32 Å². The van der Waals surface area contributed by atoms with Crippen molar-refractivity contribution in [2.75, 3.05) is 0 Å². The third-order valence-electron chi connectivity index (χ3n) is 2.59. The summed E-state index contributed by atoms with van der Waals surface area (Å²) in [6.45, 7) is 1.88. The molecule has 0 heterocycles. The zero-order valence-electron chi connectivity index (χ0n) is 10.5. The summed E-state index contributed by atoms with van der Waals surface area (Å²) in [5.41, 5.74) is -0.181. The number of hydrogen-bond donors (Lipinski definition) is 2. The number of benzene rings is 1. The van der Waals surface area contributed by atoms with Crippen LogP contribution in [0.25, 0.3) is 0 Å². The molecule has 1 amide bonds. The Bertz CT molecular complexity index is 479. The van der Waals surface area contributed by atoms with Crippen LogP contribution in [0.2, 0.25) is 5.02 Å². The Balaban J connectivity index is 2.81. The monoisotopic (exact) mass is 287 g/mol. The van der Waals surface area contributed by atoms with E-state index in [1.807, 2.05) is 6.92 Å². The molecule has 2 N–H and O–H groups in total. The second-order valence-electron chi connectivity index (χ2n) is 4.16. The molecule has 0 spiro atoms. The molecule has 0 saturated heterocycles. The Labute approximate surface area is 115 Å². The van der Waals surface area contributed by atoms with E-state index in [-0.39, 0.29) is 17.0 Å². The second kappa shape index (κ2) is 7.09. The predicted molar refractivity (Wildman–Crippen MR) is 69.8 cm³/mol. The molecule has 19 heavy (non-hydrogen) atoms. The number of carboxylic acids is 1. The number of nitrogens with one attached hydrogen (secondary N) is 1. The number of aliphatic carboxylic acids is 1. The van der Waals surface area contributed by atoms with Crippen LogP contribution in [0.5, 0.6) is 0 Å². The minimum absolute atomic E-state index is 0.141. The van der Waals surface area contributed by atoms with Gasteiger partial charge in [-0.3, -0.25) is 9.59 Å². The number of carbonyl (C=O) groups excluding carboxylic acids is 1. The van der Waals surface area contributed by atoms with Crippen molar-refractivity contribution in [2.45, 2.75) is 32.2 Å². The van der Waals surface area contributed by atoms with Gasteiger partial charge in [0.05, 0.1) is 17.0 Å². The van der Waals surface area contributed by atoms with E-state index in [0.29, 0.717) is 6.42 Å². The van der Waals surface area contributed by atoms with E-state index in [4.69, 9.17) is 16.7 Å². The Kier molecular flexibility index (Phi) is 5.76. The van der Waals surface area contributed by atoms with Crippen molar-refractivity contribution < 1.29 is 19.1 Å². The van der Waals surface area contributed by atoms with Crippen molar-refractivity contribution in [3.05, 3.63) is 34.6 Å². The highest BCUT2D eigenvalue weighted by molar-refractivity contribution is 6.31. The molecule has 0 fully saturated rings. The summed E-state index contributed by atoms with van der Waals surface area (Å²) in [4.78, 5) is 22.6. The lowest BCUT2D eigenvalue weighted by Crippen LogP contribution is -2.36. The molecule has 1 unspecified atom stereocenters. The van der Waals surface area contributed by atoms with Gasteiger partial charge in [-0.25, -0.2) is 4.39 Å². The van der Waals surface area contributed by atoms with Crippen LogP contribution < -0.4 is 5.32 Å². The number of carboxylic acid groups (broad SMARTS) is 1. The largest absolute Gasteiger partial charge is 0.481 e. The quantitative estimate of drug-likeness (QED) is 0.845. The van der Waals surface area contributed by atoms with Gasteiger partial charge in [-0.2, -0.15) is 0 Å². The van der Waals surface area contributed by atoms with Crippen molar-refractivity contribution in [1.82, 2.24) is 5.32 Å². The number of halogens is 2. The minimum Gasteiger partial charge on any atom is -0.481 e. The number of amides is 1. The lowest BCUT2D eigenvalue weighted by Gasteiger charge is -2.16. The zero-order valence-corrected chi connectivity index (χ0v) is 11.2. The molecular formula is C13H15ClFNO3. The molecule has 0 aliphatic heterocycles. The fourth-order valence-corrected chi connectivity index (χ4v) is 1.90. The first kappa shape index (κ1) is 15.4.